The number of ketones is 1. The lowest BCUT2D eigenvalue weighted by molar-refractivity contribution is -0.118. The van der Waals surface area contributed by atoms with Gasteiger partial charge >= 0.3 is 0 Å². The molecule has 6 heteroatoms. The number of rotatable bonds is 4. The van der Waals surface area contributed by atoms with Gasteiger partial charge in [-0.2, -0.15) is 0 Å². The molecule has 6 nitrogen and oxygen atoms in total. The van der Waals surface area contributed by atoms with Crippen LogP contribution in [0, 0.1) is 6.92 Å². The van der Waals surface area contributed by atoms with Gasteiger partial charge in [0.15, 0.2) is 11.2 Å². The molecular weight excluding hydrogens is 324 g/mol. The molecule has 1 aromatic heterocycles. The van der Waals surface area contributed by atoms with Crippen molar-refractivity contribution in [3.8, 4) is 11.5 Å². The minimum atomic E-state index is -0.308. The maximum Gasteiger partial charge on any atom is 0.196 e. The zero-order chi connectivity index (χ0) is 18.1. The quantitative estimate of drug-likeness (QED) is 0.917. The van der Waals surface area contributed by atoms with E-state index in [1.807, 2.05) is 6.92 Å². The van der Waals surface area contributed by atoms with E-state index in [-0.39, 0.29) is 34.0 Å². The van der Waals surface area contributed by atoms with Gasteiger partial charge in [0.05, 0.1) is 7.11 Å². The van der Waals surface area contributed by atoms with Gasteiger partial charge in [0.1, 0.15) is 40.1 Å². The Morgan fingerprint density at radius 1 is 1.28 bits per heavy atom. The Hall–Kier alpha value is -2.76. The predicted molar refractivity (Wildman–Crippen MR) is 92.0 cm³/mol. The number of aromatic hydroxyl groups is 1. The van der Waals surface area contributed by atoms with Crippen LogP contribution in [0.15, 0.2) is 33.2 Å². The lowest BCUT2D eigenvalue weighted by Crippen LogP contribution is -2.19. The molecule has 0 saturated heterocycles. The lowest BCUT2D eigenvalue weighted by atomic mass is 10.0. The second-order valence-electron chi connectivity index (χ2n) is 6.21. The highest BCUT2D eigenvalue weighted by Gasteiger charge is 2.21. The molecule has 3 rings (SSSR count). The van der Waals surface area contributed by atoms with E-state index >= 15 is 0 Å². The molecule has 25 heavy (non-hydrogen) atoms. The number of ether oxygens (including phenoxy) is 2. The first-order valence-electron chi connectivity index (χ1n) is 8.12. The average Bonchev–Trinajstić information content (AvgIpc) is 2.51. The number of phenols is 1. The van der Waals surface area contributed by atoms with E-state index in [9.17, 15) is 14.7 Å². The standard InChI is InChI=1S/C19H20O6/c1-10-6-12(20)8-13(24-10)4-5-14-16(23-3)9-17-18(19(14)22)15(21)7-11(2)25-17/h7-10,22H,4-6H2,1-3H3/t10-/m0/s1. The number of aryl methyl sites for hydroxylation is 1. The van der Waals surface area contributed by atoms with Gasteiger partial charge in [-0.15, -0.1) is 0 Å². The maximum absolute atomic E-state index is 12.2. The fourth-order valence-corrected chi connectivity index (χ4v) is 3.10. The normalized spacial score (nSPS) is 17.3. The summed E-state index contributed by atoms with van der Waals surface area (Å²) < 4.78 is 16.5. The minimum absolute atomic E-state index is 0.0274. The van der Waals surface area contributed by atoms with E-state index in [1.165, 1.54) is 19.3 Å². The van der Waals surface area contributed by atoms with Crippen LogP contribution in [-0.4, -0.2) is 24.1 Å². The Bertz CT molecular complexity index is 922. The summed E-state index contributed by atoms with van der Waals surface area (Å²) in [5, 5.41) is 10.7. The SMILES string of the molecule is COc1cc2oc(C)cc(=O)c2c(O)c1CCC1=CC(=O)C[C@H](C)O1. The van der Waals surface area contributed by atoms with Crippen LogP contribution in [0.1, 0.15) is 31.1 Å². The zero-order valence-electron chi connectivity index (χ0n) is 14.4. The summed E-state index contributed by atoms with van der Waals surface area (Å²) in [5.41, 5.74) is 0.457. The summed E-state index contributed by atoms with van der Waals surface area (Å²) >= 11 is 0. The summed E-state index contributed by atoms with van der Waals surface area (Å²) in [6.45, 7) is 3.51. The molecular formula is C19H20O6. The first kappa shape index (κ1) is 17.1. The summed E-state index contributed by atoms with van der Waals surface area (Å²) in [7, 11) is 1.49. The van der Waals surface area contributed by atoms with Gasteiger partial charge in [-0.1, -0.05) is 0 Å². The van der Waals surface area contributed by atoms with Crippen molar-refractivity contribution in [3.05, 3.63) is 45.5 Å². The molecule has 0 amide bonds. The fraction of sp³-hybridized carbons (Fsp3) is 0.368. The van der Waals surface area contributed by atoms with E-state index in [1.54, 1.807) is 13.0 Å². The first-order valence-corrected chi connectivity index (χ1v) is 8.12. The fourth-order valence-electron chi connectivity index (χ4n) is 3.10. The first-order chi connectivity index (χ1) is 11.9. The number of carbonyl (C=O) groups excluding carboxylic acids is 1. The van der Waals surface area contributed by atoms with Crippen molar-refractivity contribution in [2.45, 2.75) is 39.2 Å². The van der Waals surface area contributed by atoms with Crippen LogP contribution in [0.4, 0.5) is 0 Å². The molecule has 1 N–H and O–H groups in total. The molecule has 1 aliphatic heterocycles. The highest BCUT2D eigenvalue weighted by atomic mass is 16.5. The monoisotopic (exact) mass is 344 g/mol. The third-order valence-corrected chi connectivity index (χ3v) is 4.18. The zero-order valence-corrected chi connectivity index (χ0v) is 14.4. The van der Waals surface area contributed by atoms with Crippen LogP contribution < -0.4 is 10.2 Å². The van der Waals surface area contributed by atoms with Crippen molar-refractivity contribution in [1.82, 2.24) is 0 Å². The van der Waals surface area contributed by atoms with Crippen LogP contribution in [0.3, 0.4) is 0 Å². The number of hydrogen-bond donors (Lipinski definition) is 1. The van der Waals surface area contributed by atoms with E-state index in [2.05, 4.69) is 0 Å². The number of allylic oxidation sites excluding steroid dienone is 2. The number of fused-ring (bicyclic) bond motifs is 1. The smallest absolute Gasteiger partial charge is 0.196 e. The van der Waals surface area contributed by atoms with Crippen molar-refractivity contribution in [2.24, 2.45) is 0 Å². The summed E-state index contributed by atoms with van der Waals surface area (Å²) in [6, 6.07) is 2.94. The van der Waals surface area contributed by atoms with Crippen LogP contribution in [0.5, 0.6) is 11.5 Å². The van der Waals surface area contributed by atoms with E-state index in [0.29, 0.717) is 42.1 Å². The van der Waals surface area contributed by atoms with Crippen molar-refractivity contribution < 1.29 is 23.8 Å². The molecule has 1 aliphatic rings. The van der Waals surface area contributed by atoms with Crippen molar-refractivity contribution in [2.75, 3.05) is 7.11 Å². The number of phenolic OH excluding ortho intramolecular Hbond substituents is 1. The third kappa shape index (κ3) is 3.38. The Balaban J connectivity index is 1.99. The molecule has 2 aromatic rings. The lowest BCUT2D eigenvalue weighted by Gasteiger charge is -2.21. The molecule has 132 valence electrons. The Morgan fingerprint density at radius 3 is 2.72 bits per heavy atom. The number of carbonyl (C=O) groups is 1. The summed E-state index contributed by atoms with van der Waals surface area (Å²) in [6.07, 6.45) is 2.48. The Labute approximate surface area is 144 Å². The molecule has 0 spiro atoms. The van der Waals surface area contributed by atoms with Crippen molar-refractivity contribution in [1.29, 1.82) is 0 Å². The highest BCUT2D eigenvalue weighted by molar-refractivity contribution is 5.91. The van der Waals surface area contributed by atoms with Crippen LogP contribution >= 0.6 is 0 Å². The molecule has 2 heterocycles. The summed E-state index contributed by atoms with van der Waals surface area (Å²) in [4.78, 5) is 23.9. The topological polar surface area (TPSA) is 86.0 Å². The molecule has 0 fully saturated rings. The van der Waals surface area contributed by atoms with Gasteiger partial charge in [0.25, 0.3) is 0 Å². The molecule has 0 saturated carbocycles. The highest BCUT2D eigenvalue weighted by Crippen LogP contribution is 2.36. The molecule has 0 aliphatic carbocycles. The van der Waals surface area contributed by atoms with Crippen LogP contribution in [0.2, 0.25) is 0 Å². The van der Waals surface area contributed by atoms with Gasteiger partial charge in [-0.25, -0.2) is 0 Å². The largest absolute Gasteiger partial charge is 0.507 e. The van der Waals surface area contributed by atoms with E-state index in [4.69, 9.17) is 13.9 Å². The number of hydrogen-bond acceptors (Lipinski definition) is 6. The Morgan fingerprint density at radius 2 is 2.04 bits per heavy atom. The number of benzene rings is 1. The molecule has 0 radical (unpaired) electrons. The van der Waals surface area contributed by atoms with Crippen LogP contribution in [-0.2, 0) is 16.0 Å². The summed E-state index contributed by atoms with van der Waals surface area (Å²) in [5.74, 6) is 1.33. The average molecular weight is 344 g/mol. The Kier molecular flexibility index (Phi) is 4.53. The number of methoxy groups -OCH3 is 1. The minimum Gasteiger partial charge on any atom is -0.507 e. The van der Waals surface area contributed by atoms with Gasteiger partial charge in [-0.05, 0) is 20.3 Å². The van der Waals surface area contributed by atoms with Gasteiger partial charge in [-0.3, -0.25) is 9.59 Å². The van der Waals surface area contributed by atoms with E-state index in [0.717, 1.165) is 0 Å². The second kappa shape index (κ2) is 6.63. The molecule has 1 aromatic carbocycles. The van der Waals surface area contributed by atoms with Crippen molar-refractivity contribution >= 4 is 16.8 Å². The van der Waals surface area contributed by atoms with Gasteiger partial charge in [0.2, 0.25) is 0 Å². The molecule has 1 atom stereocenters. The predicted octanol–water partition coefficient (Wildman–Crippen LogP) is 3.01. The van der Waals surface area contributed by atoms with Crippen LogP contribution in [0.25, 0.3) is 11.0 Å². The maximum atomic E-state index is 12.2. The molecule has 0 unspecified atom stereocenters. The van der Waals surface area contributed by atoms with Gasteiger partial charge < -0.3 is 19.0 Å². The second-order valence-corrected chi connectivity index (χ2v) is 6.21. The van der Waals surface area contributed by atoms with E-state index < -0.39 is 0 Å². The molecule has 0 bridgehead atoms. The third-order valence-electron chi connectivity index (χ3n) is 4.18. The van der Waals surface area contributed by atoms with Gasteiger partial charge in [0, 0.05) is 36.6 Å². The van der Waals surface area contributed by atoms with Crippen molar-refractivity contribution in [3.63, 3.8) is 0 Å².